The van der Waals surface area contributed by atoms with E-state index in [0.29, 0.717) is 43.7 Å². The third-order valence-corrected chi connectivity index (χ3v) is 6.58. The topological polar surface area (TPSA) is 81.4 Å². The van der Waals surface area contributed by atoms with Gasteiger partial charge in [0.15, 0.2) is 0 Å². The van der Waals surface area contributed by atoms with Crippen LogP contribution in [0.3, 0.4) is 0 Å². The van der Waals surface area contributed by atoms with Crippen LogP contribution in [-0.2, 0) is 16.0 Å². The lowest BCUT2D eigenvalue weighted by Gasteiger charge is -2.36. The normalized spacial score (nSPS) is 15.1. The summed E-state index contributed by atoms with van der Waals surface area (Å²) in [5.74, 6) is -0.509. The van der Waals surface area contributed by atoms with Crippen molar-refractivity contribution in [1.29, 1.82) is 0 Å². The molecule has 1 heterocycles. The second-order valence-corrected chi connectivity index (χ2v) is 8.94. The summed E-state index contributed by atoms with van der Waals surface area (Å²) in [6, 6.07) is 21.5. The predicted molar refractivity (Wildman–Crippen MR) is 131 cm³/mol. The van der Waals surface area contributed by atoms with Crippen LogP contribution >= 0.6 is 0 Å². The van der Waals surface area contributed by atoms with Crippen molar-refractivity contribution in [3.05, 3.63) is 89.0 Å². The van der Waals surface area contributed by atoms with Crippen molar-refractivity contribution in [3.8, 4) is 11.1 Å². The van der Waals surface area contributed by atoms with Crippen LogP contribution in [0.1, 0.15) is 39.9 Å². The number of aryl methyl sites for hydroxylation is 2. The standard InChI is InChI=1S/C28H30N2O3/c1-19-7-12-24(20(2)17-19)25-6-4-3-5-22(25)18-28(13-15-33-16-14-28)27(32)30-23-10-8-21(9-11-23)26(29)31/h3-12,17H,13-16,18H2,1-2H3,(H2,29,31)(H,30,32). The van der Waals surface area contributed by atoms with Gasteiger partial charge >= 0.3 is 0 Å². The van der Waals surface area contributed by atoms with Gasteiger partial charge in [0.05, 0.1) is 5.41 Å². The summed E-state index contributed by atoms with van der Waals surface area (Å²) in [5, 5.41) is 3.07. The Morgan fingerprint density at radius 3 is 2.30 bits per heavy atom. The maximum Gasteiger partial charge on any atom is 0.248 e. The van der Waals surface area contributed by atoms with E-state index in [1.807, 2.05) is 6.07 Å². The molecule has 0 radical (unpaired) electrons. The molecule has 5 heteroatoms. The molecule has 1 aliphatic heterocycles. The molecule has 0 aromatic heterocycles. The Kier molecular flexibility index (Phi) is 6.61. The number of nitrogens with one attached hydrogen (secondary N) is 1. The van der Waals surface area contributed by atoms with Crippen LogP contribution in [0.4, 0.5) is 5.69 Å². The molecule has 3 aromatic carbocycles. The highest BCUT2D eigenvalue weighted by Crippen LogP contribution is 2.39. The number of nitrogens with two attached hydrogens (primary N) is 1. The molecule has 1 fully saturated rings. The molecule has 1 saturated heterocycles. The highest BCUT2D eigenvalue weighted by Gasteiger charge is 2.40. The van der Waals surface area contributed by atoms with Gasteiger partial charge in [0.25, 0.3) is 0 Å². The molecular formula is C28H30N2O3. The van der Waals surface area contributed by atoms with Gasteiger partial charge in [0, 0.05) is 24.5 Å². The average Bonchev–Trinajstić information content (AvgIpc) is 2.81. The van der Waals surface area contributed by atoms with Crippen LogP contribution in [0.2, 0.25) is 0 Å². The fourth-order valence-electron chi connectivity index (χ4n) is 4.65. The maximum atomic E-state index is 13.6. The maximum absolute atomic E-state index is 13.6. The van der Waals surface area contributed by atoms with Crippen molar-refractivity contribution in [3.63, 3.8) is 0 Å². The minimum absolute atomic E-state index is 0.0203. The summed E-state index contributed by atoms with van der Waals surface area (Å²) in [6.07, 6.45) is 1.93. The van der Waals surface area contributed by atoms with Crippen LogP contribution < -0.4 is 11.1 Å². The first-order chi connectivity index (χ1) is 15.9. The zero-order chi connectivity index (χ0) is 23.4. The van der Waals surface area contributed by atoms with Gasteiger partial charge in [-0.3, -0.25) is 9.59 Å². The Hall–Kier alpha value is -3.44. The lowest BCUT2D eigenvalue weighted by molar-refractivity contribution is -0.131. The molecular weight excluding hydrogens is 412 g/mol. The quantitative estimate of drug-likeness (QED) is 0.561. The third kappa shape index (κ3) is 4.99. The summed E-state index contributed by atoms with van der Waals surface area (Å²) in [4.78, 5) is 25.0. The summed E-state index contributed by atoms with van der Waals surface area (Å²) in [6.45, 7) is 5.34. The van der Waals surface area contributed by atoms with Gasteiger partial charge in [-0.15, -0.1) is 0 Å². The Morgan fingerprint density at radius 2 is 1.64 bits per heavy atom. The molecule has 0 spiro atoms. The van der Waals surface area contributed by atoms with E-state index in [1.165, 1.54) is 22.3 Å². The minimum atomic E-state index is -0.574. The molecule has 0 atom stereocenters. The first-order valence-electron chi connectivity index (χ1n) is 11.3. The smallest absolute Gasteiger partial charge is 0.248 e. The number of hydrogen-bond donors (Lipinski definition) is 2. The van der Waals surface area contributed by atoms with E-state index < -0.39 is 11.3 Å². The molecule has 3 aromatic rings. The van der Waals surface area contributed by atoms with Gasteiger partial charge in [-0.05, 0) is 79.6 Å². The van der Waals surface area contributed by atoms with Crippen molar-refractivity contribution >= 4 is 17.5 Å². The minimum Gasteiger partial charge on any atom is -0.381 e. The molecule has 170 valence electrons. The molecule has 2 amide bonds. The zero-order valence-corrected chi connectivity index (χ0v) is 19.2. The second kappa shape index (κ2) is 9.59. The molecule has 0 unspecified atom stereocenters. The Morgan fingerprint density at radius 1 is 0.939 bits per heavy atom. The van der Waals surface area contributed by atoms with Crippen molar-refractivity contribution < 1.29 is 14.3 Å². The van der Waals surface area contributed by atoms with E-state index >= 15 is 0 Å². The first-order valence-corrected chi connectivity index (χ1v) is 11.3. The number of benzene rings is 3. The zero-order valence-electron chi connectivity index (χ0n) is 19.2. The highest BCUT2D eigenvalue weighted by atomic mass is 16.5. The van der Waals surface area contributed by atoms with Crippen LogP contribution in [0, 0.1) is 19.3 Å². The molecule has 33 heavy (non-hydrogen) atoms. The number of rotatable bonds is 6. The van der Waals surface area contributed by atoms with E-state index in [0.717, 1.165) is 5.56 Å². The summed E-state index contributed by atoms with van der Waals surface area (Å²) >= 11 is 0. The van der Waals surface area contributed by atoms with E-state index in [4.69, 9.17) is 10.5 Å². The van der Waals surface area contributed by atoms with E-state index in [2.05, 4.69) is 55.6 Å². The lowest BCUT2D eigenvalue weighted by Crippen LogP contribution is -2.42. The largest absolute Gasteiger partial charge is 0.381 e. The number of amides is 2. The van der Waals surface area contributed by atoms with Gasteiger partial charge in [-0.2, -0.15) is 0 Å². The monoisotopic (exact) mass is 442 g/mol. The van der Waals surface area contributed by atoms with Crippen LogP contribution in [0.25, 0.3) is 11.1 Å². The number of carbonyl (C=O) groups is 2. The summed E-state index contributed by atoms with van der Waals surface area (Å²) < 4.78 is 5.62. The predicted octanol–water partition coefficient (Wildman–Crippen LogP) is 5.05. The fourth-order valence-corrected chi connectivity index (χ4v) is 4.65. The van der Waals surface area contributed by atoms with E-state index in [-0.39, 0.29) is 5.91 Å². The molecule has 0 bridgehead atoms. The average molecular weight is 443 g/mol. The van der Waals surface area contributed by atoms with Gasteiger partial charge in [-0.1, -0.05) is 48.0 Å². The van der Waals surface area contributed by atoms with Crippen LogP contribution in [-0.4, -0.2) is 25.0 Å². The molecule has 3 N–H and O–H groups in total. The number of primary amides is 1. The molecule has 1 aliphatic rings. The second-order valence-electron chi connectivity index (χ2n) is 8.94. The molecule has 0 aliphatic carbocycles. The highest BCUT2D eigenvalue weighted by molar-refractivity contribution is 5.97. The van der Waals surface area contributed by atoms with Crippen LogP contribution in [0.5, 0.6) is 0 Å². The number of ether oxygens (including phenoxy) is 1. The van der Waals surface area contributed by atoms with Gasteiger partial charge in [-0.25, -0.2) is 0 Å². The summed E-state index contributed by atoms with van der Waals surface area (Å²) in [5.41, 5.74) is 11.8. The van der Waals surface area contributed by atoms with Crippen molar-refractivity contribution in [2.45, 2.75) is 33.1 Å². The van der Waals surface area contributed by atoms with Crippen molar-refractivity contribution in [2.75, 3.05) is 18.5 Å². The molecule has 0 saturated carbocycles. The molecule has 5 nitrogen and oxygen atoms in total. The Bertz CT molecular complexity index is 1160. The van der Waals surface area contributed by atoms with Crippen LogP contribution in [0.15, 0.2) is 66.7 Å². The van der Waals surface area contributed by atoms with E-state index in [1.54, 1.807) is 24.3 Å². The third-order valence-electron chi connectivity index (χ3n) is 6.58. The van der Waals surface area contributed by atoms with Gasteiger partial charge in [0.2, 0.25) is 11.8 Å². The van der Waals surface area contributed by atoms with Gasteiger partial charge in [0.1, 0.15) is 0 Å². The molecule has 4 rings (SSSR count). The van der Waals surface area contributed by atoms with E-state index in [9.17, 15) is 9.59 Å². The number of anilines is 1. The Labute approximate surface area is 195 Å². The van der Waals surface area contributed by atoms with Gasteiger partial charge < -0.3 is 15.8 Å². The van der Waals surface area contributed by atoms with Crippen molar-refractivity contribution in [2.24, 2.45) is 11.1 Å². The first kappa shape index (κ1) is 22.7. The SMILES string of the molecule is Cc1ccc(-c2ccccc2CC2(C(=O)Nc3ccc(C(N)=O)cc3)CCOCC2)c(C)c1. The lowest BCUT2D eigenvalue weighted by atomic mass is 9.73. The number of hydrogen-bond acceptors (Lipinski definition) is 3. The summed E-state index contributed by atoms with van der Waals surface area (Å²) in [7, 11) is 0. The van der Waals surface area contributed by atoms with Crippen molar-refractivity contribution in [1.82, 2.24) is 0 Å². The fraction of sp³-hybridized carbons (Fsp3) is 0.286. The number of carbonyl (C=O) groups excluding carboxylic acids is 2. The Balaban J connectivity index is 1.65.